The maximum atomic E-state index is 9.92. The van der Waals surface area contributed by atoms with E-state index >= 15 is 0 Å². The highest BCUT2D eigenvalue weighted by Gasteiger charge is 1.98. The third-order valence-corrected chi connectivity index (χ3v) is 1.48. The molecule has 0 bridgehead atoms. The Balaban J connectivity index is 3.28. The van der Waals surface area contributed by atoms with Crippen molar-refractivity contribution < 1.29 is 4.79 Å². The molecule has 0 aliphatic heterocycles. The van der Waals surface area contributed by atoms with Crippen LogP contribution in [-0.4, -0.2) is 12.8 Å². The van der Waals surface area contributed by atoms with Gasteiger partial charge in [0.25, 0.3) is 0 Å². The van der Waals surface area contributed by atoms with Gasteiger partial charge in [-0.25, -0.2) is 0 Å². The number of hydrogen-bond donors (Lipinski definition) is 0. The van der Waals surface area contributed by atoms with Crippen molar-refractivity contribution in [2.24, 2.45) is 11.0 Å². The highest BCUT2D eigenvalue weighted by molar-refractivity contribution is 5.48. The topological polar surface area (TPSA) is 65.8 Å². The smallest absolute Gasteiger partial charge is 0.119 e. The van der Waals surface area contributed by atoms with Crippen LogP contribution in [0.1, 0.15) is 26.2 Å². The lowest BCUT2D eigenvalue weighted by molar-refractivity contribution is -0.107. The zero-order valence-electron chi connectivity index (χ0n) is 6.73. The summed E-state index contributed by atoms with van der Waals surface area (Å²) in [7, 11) is 0. The van der Waals surface area contributed by atoms with Crippen LogP contribution in [0.2, 0.25) is 0 Å². The largest absolute Gasteiger partial charge is 0.303 e. The minimum Gasteiger partial charge on any atom is -0.303 e. The van der Waals surface area contributed by atoms with Gasteiger partial charge < -0.3 is 4.79 Å². The van der Waals surface area contributed by atoms with E-state index < -0.39 is 0 Å². The van der Waals surface area contributed by atoms with Crippen LogP contribution >= 0.6 is 0 Å². The van der Waals surface area contributed by atoms with Crippen LogP contribution in [0.4, 0.5) is 0 Å². The first-order chi connectivity index (χ1) is 5.31. The maximum Gasteiger partial charge on any atom is 0.119 e. The van der Waals surface area contributed by atoms with Crippen LogP contribution in [-0.2, 0) is 4.79 Å². The Morgan fingerprint density at radius 2 is 2.45 bits per heavy atom. The highest BCUT2D eigenvalue weighted by atomic mass is 16.1. The maximum absolute atomic E-state index is 9.92. The van der Waals surface area contributed by atoms with E-state index in [0.717, 1.165) is 19.1 Å². The summed E-state index contributed by atoms with van der Waals surface area (Å²) in [6.07, 6.45) is 3.38. The molecule has 0 aromatic rings. The number of rotatable bonds is 6. The number of carbonyl (C=O) groups is 1. The Hall–Kier alpha value is -1.02. The Bertz CT molecular complexity index is 152. The van der Waals surface area contributed by atoms with Crippen molar-refractivity contribution in [1.29, 1.82) is 0 Å². The van der Waals surface area contributed by atoms with Crippen molar-refractivity contribution in [2.45, 2.75) is 26.2 Å². The minimum absolute atomic E-state index is 0.394. The molecule has 4 nitrogen and oxygen atoms in total. The molecule has 4 heteroatoms. The van der Waals surface area contributed by atoms with Crippen molar-refractivity contribution >= 4 is 6.29 Å². The predicted molar refractivity (Wildman–Crippen MR) is 43.1 cm³/mol. The number of nitrogens with zero attached hydrogens (tertiary/aromatic N) is 3. The van der Waals surface area contributed by atoms with Gasteiger partial charge in [0.2, 0.25) is 0 Å². The SMILES string of the molecule is CC(CCCC=O)CN=[N+]=[N-]. The summed E-state index contributed by atoms with van der Waals surface area (Å²) < 4.78 is 0. The van der Waals surface area contributed by atoms with Crippen molar-refractivity contribution in [3.63, 3.8) is 0 Å². The first-order valence-corrected chi connectivity index (χ1v) is 3.75. The van der Waals surface area contributed by atoms with Gasteiger partial charge >= 0.3 is 0 Å². The molecule has 0 spiro atoms. The molecule has 0 aromatic heterocycles. The number of hydrogen-bond acceptors (Lipinski definition) is 2. The zero-order valence-corrected chi connectivity index (χ0v) is 6.73. The Kier molecular flexibility index (Phi) is 6.43. The highest BCUT2D eigenvalue weighted by Crippen LogP contribution is 2.06. The van der Waals surface area contributed by atoms with Crippen LogP contribution in [0.5, 0.6) is 0 Å². The summed E-state index contributed by atoms with van der Waals surface area (Å²) in [5.74, 6) is 0.394. The number of aldehydes is 1. The number of azide groups is 1. The second-order valence-electron chi connectivity index (χ2n) is 2.62. The molecule has 1 atom stereocenters. The third-order valence-electron chi connectivity index (χ3n) is 1.48. The molecule has 11 heavy (non-hydrogen) atoms. The van der Waals surface area contributed by atoms with Gasteiger partial charge in [0.05, 0.1) is 0 Å². The quantitative estimate of drug-likeness (QED) is 0.191. The molecule has 0 aromatic carbocycles. The normalized spacial score (nSPS) is 11.7. The molecular weight excluding hydrogens is 142 g/mol. The fraction of sp³-hybridized carbons (Fsp3) is 0.857. The lowest BCUT2D eigenvalue weighted by Gasteiger charge is -2.04. The van der Waals surface area contributed by atoms with Gasteiger partial charge in [-0.2, -0.15) is 0 Å². The summed E-state index contributed by atoms with van der Waals surface area (Å²) in [5, 5.41) is 3.44. The molecule has 0 aliphatic carbocycles. The van der Waals surface area contributed by atoms with Gasteiger partial charge in [-0.3, -0.25) is 0 Å². The lowest BCUT2D eigenvalue weighted by atomic mass is 10.1. The van der Waals surface area contributed by atoms with E-state index in [1.165, 1.54) is 0 Å². The summed E-state index contributed by atoms with van der Waals surface area (Å²) in [5.41, 5.74) is 7.99. The summed E-state index contributed by atoms with van der Waals surface area (Å²) in [6.45, 7) is 2.55. The molecule has 62 valence electrons. The number of unbranched alkanes of at least 4 members (excludes halogenated alkanes) is 1. The van der Waals surface area contributed by atoms with Crippen molar-refractivity contribution in [1.82, 2.24) is 0 Å². The standard InChI is InChI=1S/C7H13N3O/c1-7(6-9-10-8)4-2-3-5-11/h5,7H,2-4,6H2,1H3. The minimum atomic E-state index is 0.394. The summed E-state index contributed by atoms with van der Waals surface area (Å²) in [4.78, 5) is 12.6. The molecule has 0 amide bonds. The van der Waals surface area contributed by atoms with Gasteiger partial charge in [-0.15, -0.1) is 0 Å². The van der Waals surface area contributed by atoms with Crippen LogP contribution in [0.25, 0.3) is 10.4 Å². The van der Waals surface area contributed by atoms with E-state index in [1.807, 2.05) is 6.92 Å². The van der Waals surface area contributed by atoms with E-state index in [9.17, 15) is 4.79 Å². The van der Waals surface area contributed by atoms with Gasteiger partial charge in [0.15, 0.2) is 0 Å². The number of carbonyl (C=O) groups excluding carboxylic acids is 1. The lowest BCUT2D eigenvalue weighted by Crippen LogP contribution is -1.98. The Morgan fingerprint density at radius 3 is 3.00 bits per heavy atom. The van der Waals surface area contributed by atoms with Crippen molar-refractivity contribution in [3.8, 4) is 0 Å². The molecule has 0 heterocycles. The molecular formula is C7H13N3O. The van der Waals surface area contributed by atoms with Crippen molar-refractivity contribution in [2.75, 3.05) is 6.54 Å². The van der Waals surface area contributed by atoms with Crippen LogP contribution in [0.15, 0.2) is 5.11 Å². The molecule has 0 saturated heterocycles. The fourth-order valence-corrected chi connectivity index (χ4v) is 0.817. The second kappa shape index (κ2) is 7.09. The fourth-order valence-electron chi connectivity index (χ4n) is 0.817. The molecule has 0 rings (SSSR count). The molecule has 0 radical (unpaired) electrons. The molecule has 0 saturated carbocycles. The molecule has 1 unspecified atom stereocenters. The van der Waals surface area contributed by atoms with Gasteiger partial charge in [0, 0.05) is 17.9 Å². The monoisotopic (exact) mass is 155 g/mol. The van der Waals surface area contributed by atoms with Gasteiger partial charge in [-0.05, 0) is 17.9 Å². The first-order valence-electron chi connectivity index (χ1n) is 3.75. The van der Waals surface area contributed by atoms with Gasteiger partial charge in [0.1, 0.15) is 6.29 Å². The van der Waals surface area contributed by atoms with Crippen LogP contribution < -0.4 is 0 Å². The average molecular weight is 155 g/mol. The van der Waals surface area contributed by atoms with E-state index in [1.54, 1.807) is 0 Å². The summed E-state index contributed by atoms with van der Waals surface area (Å²) >= 11 is 0. The van der Waals surface area contributed by atoms with Crippen LogP contribution in [0, 0.1) is 5.92 Å². The molecule has 0 fully saturated rings. The Morgan fingerprint density at radius 1 is 1.73 bits per heavy atom. The predicted octanol–water partition coefficient (Wildman–Crippen LogP) is 2.30. The van der Waals surface area contributed by atoms with E-state index in [4.69, 9.17) is 5.53 Å². The second-order valence-corrected chi connectivity index (χ2v) is 2.62. The first kappa shape index (κ1) is 9.98. The summed E-state index contributed by atoms with van der Waals surface area (Å²) in [6, 6.07) is 0. The van der Waals surface area contributed by atoms with E-state index in [-0.39, 0.29) is 0 Å². The van der Waals surface area contributed by atoms with Crippen molar-refractivity contribution in [3.05, 3.63) is 10.4 Å². The zero-order chi connectivity index (χ0) is 8.53. The third kappa shape index (κ3) is 6.87. The van der Waals surface area contributed by atoms with E-state index in [0.29, 0.717) is 18.9 Å². The van der Waals surface area contributed by atoms with Gasteiger partial charge in [-0.1, -0.05) is 18.5 Å². The Labute approximate surface area is 66.2 Å². The molecule has 0 aliphatic rings. The molecule has 0 N–H and O–H groups in total. The average Bonchev–Trinajstić information content (AvgIpc) is 2.01. The van der Waals surface area contributed by atoms with E-state index in [2.05, 4.69) is 10.0 Å². The van der Waals surface area contributed by atoms with Crippen LogP contribution in [0.3, 0.4) is 0 Å².